The van der Waals surface area contributed by atoms with Crippen molar-refractivity contribution in [1.82, 2.24) is 15.0 Å². The molecule has 2 N–H and O–H groups in total. The molecule has 1 heterocycles. The summed E-state index contributed by atoms with van der Waals surface area (Å²) in [6.07, 6.45) is 2.04. The van der Waals surface area contributed by atoms with Crippen molar-refractivity contribution in [3.05, 3.63) is 45.7 Å². The van der Waals surface area contributed by atoms with Crippen molar-refractivity contribution >= 4 is 15.9 Å². The Bertz CT molecular complexity index is 504. The van der Waals surface area contributed by atoms with E-state index in [0.717, 1.165) is 35.2 Å². The summed E-state index contributed by atoms with van der Waals surface area (Å²) in [5, 5.41) is 8.34. The quantitative estimate of drug-likeness (QED) is 0.923. The standard InChI is InChI=1S/C13H17BrN4/c1-2-3-13-12(8-15)16-17-18(13)9-10-4-6-11(14)7-5-10/h4-7H,2-3,8-9,15H2,1H3. The lowest BCUT2D eigenvalue weighted by Gasteiger charge is -2.07. The maximum absolute atomic E-state index is 5.69. The van der Waals surface area contributed by atoms with Crippen LogP contribution in [-0.2, 0) is 19.5 Å². The van der Waals surface area contributed by atoms with Gasteiger partial charge < -0.3 is 5.73 Å². The van der Waals surface area contributed by atoms with Crippen LogP contribution in [0.25, 0.3) is 0 Å². The Kier molecular flexibility index (Phi) is 4.49. The van der Waals surface area contributed by atoms with Crippen LogP contribution >= 0.6 is 15.9 Å². The molecule has 0 unspecified atom stereocenters. The molecule has 18 heavy (non-hydrogen) atoms. The molecule has 96 valence electrons. The lowest BCUT2D eigenvalue weighted by molar-refractivity contribution is 0.613. The van der Waals surface area contributed by atoms with Crippen LogP contribution in [0.4, 0.5) is 0 Å². The number of nitrogens with two attached hydrogens (primary N) is 1. The molecule has 0 aliphatic heterocycles. The monoisotopic (exact) mass is 308 g/mol. The molecule has 0 fully saturated rings. The van der Waals surface area contributed by atoms with Crippen molar-refractivity contribution < 1.29 is 0 Å². The fourth-order valence-corrected chi connectivity index (χ4v) is 2.19. The van der Waals surface area contributed by atoms with E-state index in [1.165, 1.54) is 5.56 Å². The summed E-state index contributed by atoms with van der Waals surface area (Å²) in [4.78, 5) is 0. The normalized spacial score (nSPS) is 10.8. The summed E-state index contributed by atoms with van der Waals surface area (Å²) >= 11 is 3.43. The molecule has 0 aliphatic carbocycles. The highest BCUT2D eigenvalue weighted by Crippen LogP contribution is 2.14. The van der Waals surface area contributed by atoms with Crippen LogP contribution in [0.5, 0.6) is 0 Å². The minimum Gasteiger partial charge on any atom is -0.325 e. The molecule has 1 aromatic carbocycles. The van der Waals surface area contributed by atoms with Gasteiger partial charge in [-0.25, -0.2) is 4.68 Å². The van der Waals surface area contributed by atoms with Crippen molar-refractivity contribution in [2.75, 3.05) is 0 Å². The fourth-order valence-electron chi connectivity index (χ4n) is 1.93. The zero-order chi connectivity index (χ0) is 13.0. The van der Waals surface area contributed by atoms with Gasteiger partial charge in [-0.05, 0) is 24.1 Å². The van der Waals surface area contributed by atoms with Gasteiger partial charge in [-0.3, -0.25) is 0 Å². The number of rotatable bonds is 5. The highest BCUT2D eigenvalue weighted by Gasteiger charge is 2.10. The lowest BCUT2D eigenvalue weighted by Crippen LogP contribution is -2.08. The van der Waals surface area contributed by atoms with Gasteiger partial charge >= 0.3 is 0 Å². The van der Waals surface area contributed by atoms with E-state index in [1.807, 2.05) is 16.8 Å². The van der Waals surface area contributed by atoms with Gasteiger partial charge in [-0.15, -0.1) is 5.10 Å². The molecular weight excluding hydrogens is 292 g/mol. The van der Waals surface area contributed by atoms with E-state index in [4.69, 9.17) is 5.73 Å². The molecule has 0 amide bonds. The molecule has 0 radical (unpaired) electrons. The topological polar surface area (TPSA) is 56.7 Å². The zero-order valence-electron chi connectivity index (χ0n) is 10.4. The molecule has 0 atom stereocenters. The van der Waals surface area contributed by atoms with Crippen LogP contribution < -0.4 is 5.73 Å². The molecule has 0 bridgehead atoms. The second kappa shape index (κ2) is 6.11. The maximum atomic E-state index is 5.69. The van der Waals surface area contributed by atoms with Crippen molar-refractivity contribution in [2.24, 2.45) is 5.73 Å². The van der Waals surface area contributed by atoms with Crippen molar-refractivity contribution in [2.45, 2.75) is 32.9 Å². The Balaban J connectivity index is 2.22. The van der Waals surface area contributed by atoms with Gasteiger partial charge in [0.1, 0.15) is 0 Å². The molecule has 0 saturated heterocycles. The first-order valence-electron chi connectivity index (χ1n) is 6.10. The lowest BCUT2D eigenvalue weighted by atomic mass is 10.2. The van der Waals surface area contributed by atoms with E-state index in [-0.39, 0.29) is 0 Å². The molecule has 0 aliphatic rings. The van der Waals surface area contributed by atoms with E-state index in [1.54, 1.807) is 0 Å². The number of nitrogens with zero attached hydrogens (tertiary/aromatic N) is 3. The van der Waals surface area contributed by atoms with E-state index in [0.29, 0.717) is 6.54 Å². The van der Waals surface area contributed by atoms with E-state index < -0.39 is 0 Å². The first-order chi connectivity index (χ1) is 8.74. The first-order valence-corrected chi connectivity index (χ1v) is 6.89. The predicted molar refractivity (Wildman–Crippen MR) is 75.2 cm³/mol. The highest BCUT2D eigenvalue weighted by atomic mass is 79.9. The predicted octanol–water partition coefficient (Wildman–Crippen LogP) is 2.50. The van der Waals surface area contributed by atoms with Gasteiger partial charge in [0.05, 0.1) is 17.9 Å². The smallest absolute Gasteiger partial charge is 0.0994 e. The molecule has 0 saturated carbocycles. The van der Waals surface area contributed by atoms with Crippen molar-refractivity contribution in [3.8, 4) is 0 Å². The van der Waals surface area contributed by atoms with E-state index in [9.17, 15) is 0 Å². The Morgan fingerprint density at radius 3 is 2.61 bits per heavy atom. The fraction of sp³-hybridized carbons (Fsp3) is 0.385. The second-order valence-electron chi connectivity index (χ2n) is 4.22. The van der Waals surface area contributed by atoms with Crippen LogP contribution in [0.15, 0.2) is 28.7 Å². The molecule has 4 nitrogen and oxygen atoms in total. The molecule has 1 aromatic heterocycles. The third kappa shape index (κ3) is 2.97. The Labute approximate surface area is 115 Å². The van der Waals surface area contributed by atoms with Gasteiger partial charge in [-0.1, -0.05) is 46.6 Å². The van der Waals surface area contributed by atoms with Gasteiger partial charge in [0, 0.05) is 11.0 Å². The number of hydrogen-bond donors (Lipinski definition) is 1. The molecule has 0 spiro atoms. The Hall–Kier alpha value is -1.20. The summed E-state index contributed by atoms with van der Waals surface area (Å²) in [6.45, 7) is 3.35. The van der Waals surface area contributed by atoms with Crippen LogP contribution in [-0.4, -0.2) is 15.0 Å². The van der Waals surface area contributed by atoms with Crippen LogP contribution in [0, 0.1) is 0 Å². The average molecular weight is 309 g/mol. The van der Waals surface area contributed by atoms with E-state index in [2.05, 4.69) is 45.3 Å². The van der Waals surface area contributed by atoms with Gasteiger partial charge in [-0.2, -0.15) is 0 Å². The molecule has 2 aromatic rings. The summed E-state index contributed by atoms with van der Waals surface area (Å²) in [7, 11) is 0. The SMILES string of the molecule is CCCc1c(CN)nnn1Cc1ccc(Br)cc1. The Morgan fingerprint density at radius 1 is 1.28 bits per heavy atom. The minimum atomic E-state index is 0.454. The largest absolute Gasteiger partial charge is 0.325 e. The third-order valence-electron chi connectivity index (χ3n) is 2.84. The number of benzene rings is 1. The zero-order valence-corrected chi connectivity index (χ0v) is 12.0. The summed E-state index contributed by atoms with van der Waals surface area (Å²) in [5.74, 6) is 0. The summed E-state index contributed by atoms with van der Waals surface area (Å²) < 4.78 is 3.04. The molecule has 2 rings (SSSR count). The van der Waals surface area contributed by atoms with Crippen LogP contribution in [0.1, 0.15) is 30.3 Å². The van der Waals surface area contributed by atoms with Gasteiger partial charge in [0.25, 0.3) is 0 Å². The molecule has 5 heteroatoms. The second-order valence-corrected chi connectivity index (χ2v) is 5.14. The number of halogens is 1. The van der Waals surface area contributed by atoms with Crippen LogP contribution in [0.2, 0.25) is 0 Å². The van der Waals surface area contributed by atoms with Gasteiger partial charge in [0.2, 0.25) is 0 Å². The average Bonchev–Trinajstić information content (AvgIpc) is 2.75. The molecular formula is C13H17BrN4. The van der Waals surface area contributed by atoms with Crippen LogP contribution in [0.3, 0.4) is 0 Å². The maximum Gasteiger partial charge on any atom is 0.0994 e. The minimum absolute atomic E-state index is 0.454. The summed E-state index contributed by atoms with van der Waals surface area (Å²) in [5.41, 5.74) is 8.96. The van der Waals surface area contributed by atoms with Crippen molar-refractivity contribution in [3.63, 3.8) is 0 Å². The number of hydrogen-bond acceptors (Lipinski definition) is 3. The Morgan fingerprint density at radius 2 is 2.00 bits per heavy atom. The third-order valence-corrected chi connectivity index (χ3v) is 3.37. The van der Waals surface area contributed by atoms with Gasteiger partial charge in [0.15, 0.2) is 0 Å². The highest BCUT2D eigenvalue weighted by molar-refractivity contribution is 9.10. The van der Waals surface area contributed by atoms with E-state index >= 15 is 0 Å². The first kappa shape index (κ1) is 13.2. The summed E-state index contributed by atoms with van der Waals surface area (Å²) in [6, 6.07) is 8.25. The number of aromatic nitrogens is 3. The van der Waals surface area contributed by atoms with Crippen molar-refractivity contribution in [1.29, 1.82) is 0 Å².